The molecule has 0 aliphatic heterocycles. The molecule has 0 saturated heterocycles. The Morgan fingerprint density at radius 2 is 1.87 bits per heavy atom. The monoisotopic (exact) mass is 211 g/mol. The average Bonchev–Trinajstić information content (AvgIpc) is 2.14. The molecule has 0 fully saturated rings. The number of amides is 2. The third kappa shape index (κ3) is 3.45. The lowest BCUT2D eigenvalue weighted by atomic mass is 10.1. The van der Waals surface area contributed by atoms with Crippen LogP contribution < -0.4 is 16.6 Å². The third-order valence-corrected chi connectivity index (χ3v) is 1.76. The number of carbonyl (C=O) groups excluding carboxylic acids is 1. The van der Waals surface area contributed by atoms with Crippen LogP contribution in [0.15, 0.2) is 24.3 Å². The van der Waals surface area contributed by atoms with E-state index in [2.05, 4.69) is 10.9 Å². The predicted octanol–water partition coefficient (Wildman–Crippen LogP) is -0.161. The minimum absolute atomic E-state index is 0.354. The van der Waals surface area contributed by atoms with Crippen molar-refractivity contribution in [3.05, 3.63) is 29.8 Å². The highest BCUT2D eigenvalue weighted by atomic mass is 16.5. The molecule has 82 valence electrons. The van der Waals surface area contributed by atoms with Gasteiger partial charge in [0.25, 0.3) is 0 Å². The van der Waals surface area contributed by atoms with Crippen molar-refractivity contribution >= 4 is 11.7 Å². The Morgan fingerprint density at radius 1 is 1.33 bits per heavy atom. The molecule has 15 heavy (non-hydrogen) atoms. The number of nitrogens with two attached hydrogens (primary N) is 1. The number of anilines is 1. The van der Waals surface area contributed by atoms with Crippen LogP contribution in [0.25, 0.3) is 0 Å². The van der Waals surface area contributed by atoms with Crippen molar-refractivity contribution in [1.82, 2.24) is 5.43 Å². The molecule has 0 radical (unpaired) electrons. The Kier molecular flexibility index (Phi) is 3.13. The van der Waals surface area contributed by atoms with Gasteiger partial charge in [0, 0.05) is 5.56 Å². The van der Waals surface area contributed by atoms with Gasteiger partial charge in [-0.05, 0) is 19.1 Å². The Hall–Kier alpha value is -1.79. The molecule has 0 spiro atoms. The highest BCUT2D eigenvalue weighted by Gasteiger charge is 2.17. The van der Waals surface area contributed by atoms with E-state index in [4.69, 9.17) is 5.73 Å². The fourth-order valence-electron chi connectivity index (χ4n) is 1.00. The van der Waals surface area contributed by atoms with Crippen molar-refractivity contribution in [2.24, 2.45) is 5.73 Å². The molecule has 0 aliphatic carbocycles. The first kappa shape index (κ1) is 11.3. The van der Waals surface area contributed by atoms with Gasteiger partial charge in [0.15, 0.2) is 5.79 Å². The molecule has 0 unspecified atom stereocenters. The van der Waals surface area contributed by atoms with Crippen LogP contribution in [-0.2, 0) is 5.79 Å². The summed E-state index contributed by atoms with van der Waals surface area (Å²) in [5.74, 6) is -1.87. The fraction of sp³-hybridized carbons (Fsp3) is 0.222. The number of rotatable bonds is 3. The van der Waals surface area contributed by atoms with Gasteiger partial charge in [0.1, 0.15) is 0 Å². The van der Waals surface area contributed by atoms with E-state index in [1.807, 2.05) is 0 Å². The first-order chi connectivity index (χ1) is 6.89. The minimum atomic E-state index is -1.87. The molecule has 6 nitrogen and oxygen atoms in total. The molecule has 0 atom stereocenters. The van der Waals surface area contributed by atoms with Crippen molar-refractivity contribution < 1.29 is 15.0 Å². The first-order valence-corrected chi connectivity index (χ1v) is 4.26. The molecular formula is C9H13N3O3. The molecule has 0 bridgehead atoms. The molecule has 0 heterocycles. The van der Waals surface area contributed by atoms with E-state index in [9.17, 15) is 15.0 Å². The average molecular weight is 211 g/mol. The van der Waals surface area contributed by atoms with Gasteiger partial charge in [0.2, 0.25) is 0 Å². The maximum absolute atomic E-state index is 10.4. The van der Waals surface area contributed by atoms with Gasteiger partial charge >= 0.3 is 6.03 Å². The van der Waals surface area contributed by atoms with E-state index >= 15 is 0 Å². The number of aliphatic hydroxyl groups is 2. The van der Waals surface area contributed by atoms with Gasteiger partial charge < -0.3 is 15.9 Å². The van der Waals surface area contributed by atoms with Crippen LogP contribution in [0.2, 0.25) is 0 Å². The van der Waals surface area contributed by atoms with E-state index in [1.165, 1.54) is 19.1 Å². The number of hydrogen-bond donors (Lipinski definition) is 5. The normalized spacial score (nSPS) is 10.9. The number of hydrazine groups is 1. The number of benzene rings is 1. The fourth-order valence-corrected chi connectivity index (χ4v) is 1.00. The molecule has 0 aliphatic rings. The predicted molar refractivity (Wildman–Crippen MR) is 54.6 cm³/mol. The molecule has 0 aromatic heterocycles. The molecule has 2 amide bonds. The van der Waals surface area contributed by atoms with Crippen molar-refractivity contribution in [3.63, 3.8) is 0 Å². The largest absolute Gasteiger partial charge is 0.362 e. The lowest BCUT2D eigenvalue weighted by Crippen LogP contribution is -2.34. The lowest BCUT2D eigenvalue weighted by molar-refractivity contribution is -0.152. The molecule has 6 N–H and O–H groups in total. The zero-order valence-corrected chi connectivity index (χ0v) is 8.19. The smallest absolute Gasteiger partial charge is 0.330 e. The number of urea groups is 1. The second kappa shape index (κ2) is 4.16. The summed E-state index contributed by atoms with van der Waals surface area (Å²) in [6.07, 6.45) is 0. The van der Waals surface area contributed by atoms with Gasteiger partial charge in [-0.1, -0.05) is 12.1 Å². The number of carbonyl (C=O) groups is 1. The quantitative estimate of drug-likeness (QED) is 0.353. The molecule has 1 aromatic rings. The molecule has 6 heteroatoms. The summed E-state index contributed by atoms with van der Waals surface area (Å²) < 4.78 is 0. The van der Waals surface area contributed by atoms with Crippen LogP contribution in [-0.4, -0.2) is 16.2 Å². The highest BCUT2D eigenvalue weighted by molar-refractivity contribution is 5.73. The van der Waals surface area contributed by atoms with Crippen molar-refractivity contribution in [2.45, 2.75) is 12.7 Å². The van der Waals surface area contributed by atoms with Gasteiger partial charge in [-0.15, -0.1) is 0 Å². The summed E-state index contributed by atoms with van der Waals surface area (Å²) in [6.45, 7) is 1.26. The van der Waals surface area contributed by atoms with Crippen LogP contribution in [0.1, 0.15) is 12.5 Å². The van der Waals surface area contributed by atoms with Crippen LogP contribution in [0.5, 0.6) is 0 Å². The summed E-state index contributed by atoms with van der Waals surface area (Å²) in [5.41, 5.74) is 10.5. The topological polar surface area (TPSA) is 108 Å². The van der Waals surface area contributed by atoms with E-state index in [0.29, 0.717) is 11.3 Å². The number of nitrogens with one attached hydrogen (secondary N) is 2. The van der Waals surface area contributed by atoms with Crippen molar-refractivity contribution in [1.29, 1.82) is 0 Å². The number of hydrogen-bond acceptors (Lipinski definition) is 4. The maximum Gasteiger partial charge on any atom is 0.330 e. The maximum atomic E-state index is 10.4. The standard InChI is InChI=1S/C9H13N3O3/c1-9(14,15)6-2-4-7(5-3-6)11-12-8(10)13/h2-5,11,14-15H,1H3,(H3,10,12,13). The van der Waals surface area contributed by atoms with Crippen LogP contribution in [0.4, 0.5) is 10.5 Å². The summed E-state index contributed by atoms with van der Waals surface area (Å²) in [6, 6.07) is 5.50. The second-order valence-corrected chi connectivity index (χ2v) is 3.21. The van der Waals surface area contributed by atoms with E-state index in [1.54, 1.807) is 12.1 Å². The van der Waals surface area contributed by atoms with E-state index in [0.717, 1.165) is 0 Å². The first-order valence-electron chi connectivity index (χ1n) is 4.26. The number of primary amides is 1. The van der Waals surface area contributed by atoms with Crippen LogP contribution in [0.3, 0.4) is 0 Å². The van der Waals surface area contributed by atoms with E-state index < -0.39 is 11.8 Å². The summed E-state index contributed by atoms with van der Waals surface area (Å²) in [4.78, 5) is 10.4. The Balaban J connectivity index is 2.69. The van der Waals surface area contributed by atoms with Crippen molar-refractivity contribution in [3.8, 4) is 0 Å². The molecule has 1 rings (SSSR count). The van der Waals surface area contributed by atoms with Gasteiger partial charge in [-0.2, -0.15) is 0 Å². The zero-order valence-electron chi connectivity index (χ0n) is 8.19. The van der Waals surface area contributed by atoms with Gasteiger partial charge in [-0.3, -0.25) is 10.9 Å². The van der Waals surface area contributed by atoms with Gasteiger partial charge in [0.05, 0.1) is 5.69 Å². The second-order valence-electron chi connectivity index (χ2n) is 3.21. The molecular weight excluding hydrogens is 198 g/mol. The highest BCUT2D eigenvalue weighted by Crippen LogP contribution is 2.18. The lowest BCUT2D eigenvalue weighted by Gasteiger charge is -2.16. The van der Waals surface area contributed by atoms with Crippen molar-refractivity contribution in [2.75, 3.05) is 5.43 Å². The zero-order chi connectivity index (χ0) is 11.5. The summed E-state index contributed by atoms with van der Waals surface area (Å²) >= 11 is 0. The Bertz CT molecular complexity index is 343. The van der Waals surface area contributed by atoms with Crippen LogP contribution >= 0.6 is 0 Å². The third-order valence-electron chi connectivity index (χ3n) is 1.76. The Morgan fingerprint density at radius 3 is 2.27 bits per heavy atom. The minimum Gasteiger partial charge on any atom is -0.362 e. The Labute approximate surface area is 86.7 Å². The van der Waals surface area contributed by atoms with E-state index in [-0.39, 0.29) is 0 Å². The summed E-state index contributed by atoms with van der Waals surface area (Å²) in [5, 5.41) is 18.5. The molecule has 0 saturated carbocycles. The van der Waals surface area contributed by atoms with Gasteiger partial charge in [-0.25, -0.2) is 4.79 Å². The summed E-state index contributed by atoms with van der Waals surface area (Å²) in [7, 11) is 0. The van der Waals surface area contributed by atoms with Crippen LogP contribution in [0, 0.1) is 0 Å². The molecule has 1 aromatic carbocycles. The SMILES string of the molecule is CC(O)(O)c1ccc(NNC(N)=O)cc1.